The summed E-state index contributed by atoms with van der Waals surface area (Å²) in [4.78, 5) is 0. The molecule has 0 fully saturated rings. The maximum absolute atomic E-state index is 9.89. The predicted molar refractivity (Wildman–Crippen MR) is 82.3 cm³/mol. The van der Waals surface area contributed by atoms with Crippen molar-refractivity contribution < 1.29 is 9.53 Å². The van der Waals surface area contributed by atoms with E-state index < -0.39 is 14.4 Å². The molecule has 19 heavy (non-hydrogen) atoms. The van der Waals surface area contributed by atoms with Crippen LogP contribution in [0.1, 0.15) is 32.4 Å². The van der Waals surface area contributed by atoms with Crippen molar-refractivity contribution >= 4 is 8.32 Å². The van der Waals surface area contributed by atoms with Gasteiger partial charge in [-0.2, -0.15) is 0 Å². The lowest BCUT2D eigenvalue weighted by Gasteiger charge is -2.35. The van der Waals surface area contributed by atoms with Crippen molar-refractivity contribution in [2.24, 2.45) is 0 Å². The summed E-state index contributed by atoms with van der Waals surface area (Å²) in [7, 11) is -1.74. The zero-order valence-electron chi connectivity index (χ0n) is 12.5. The van der Waals surface area contributed by atoms with E-state index in [1.54, 1.807) is 0 Å². The Balaban J connectivity index is 2.53. The summed E-state index contributed by atoms with van der Waals surface area (Å²) in [6, 6.07) is 9.45. The molecule has 0 amide bonds. The van der Waals surface area contributed by atoms with E-state index in [1.165, 1.54) is 0 Å². The first kappa shape index (κ1) is 16.0. The minimum Gasteiger partial charge on any atom is -0.406 e. The fourth-order valence-electron chi connectivity index (χ4n) is 1.29. The standard InChI is InChI=1S/C16H24O2Si/c1-16(2,3)19(4,5)18-13-9-12-15(17)14-10-7-6-8-11-14/h6-8,10-11,15,17H,13H2,1-5H3/t15-/m1/s1. The first-order chi connectivity index (χ1) is 8.74. The molecule has 1 rings (SSSR count). The molecule has 1 aromatic carbocycles. The molecule has 0 aromatic heterocycles. The van der Waals surface area contributed by atoms with Crippen molar-refractivity contribution in [2.45, 2.75) is 45.0 Å². The third-order valence-corrected chi connectivity index (χ3v) is 8.14. The Morgan fingerprint density at radius 1 is 1.21 bits per heavy atom. The lowest BCUT2D eigenvalue weighted by molar-refractivity contribution is 0.237. The third kappa shape index (κ3) is 4.83. The molecule has 0 saturated carbocycles. The van der Waals surface area contributed by atoms with Crippen LogP contribution in [0.15, 0.2) is 30.3 Å². The van der Waals surface area contributed by atoms with Crippen LogP contribution >= 0.6 is 0 Å². The van der Waals surface area contributed by atoms with Crippen molar-refractivity contribution in [2.75, 3.05) is 6.61 Å². The number of rotatable bonds is 3. The largest absolute Gasteiger partial charge is 0.406 e. The van der Waals surface area contributed by atoms with Gasteiger partial charge in [-0.25, -0.2) is 0 Å². The number of benzene rings is 1. The van der Waals surface area contributed by atoms with Gasteiger partial charge in [-0.1, -0.05) is 62.9 Å². The highest BCUT2D eigenvalue weighted by Crippen LogP contribution is 2.36. The normalized spacial score (nSPS) is 13.6. The summed E-state index contributed by atoms with van der Waals surface area (Å²) in [6.45, 7) is 11.4. The number of hydrogen-bond acceptors (Lipinski definition) is 2. The highest BCUT2D eigenvalue weighted by molar-refractivity contribution is 6.74. The Morgan fingerprint density at radius 3 is 2.32 bits per heavy atom. The molecule has 2 nitrogen and oxygen atoms in total. The number of aliphatic hydroxyl groups excluding tert-OH is 1. The second kappa shape index (κ2) is 6.38. The first-order valence-electron chi connectivity index (χ1n) is 6.59. The third-order valence-electron chi connectivity index (χ3n) is 3.67. The molecule has 104 valence electrons. The van der Waals surface area contributed by atoms with Gasteiger partial charge in [0.1, 0.15) is 6.10 Å². The van der Waals surface area contributed by atoms with Crippen LogP contribution in [0.4, 0.5) is 0 Å². The van der Waals surface area contributed by atoms with Crippen LogP contribution in [-0.4, -0.2) is 20.0 Å². The van der Waals surface area contributed by atoms with E-state index in [1.807, 2.05) is 30.3 Å². The molecule has 0 radical (unpaired) electrons. The Labute approximate surface area is 117 Å². The average molecular weight is 276 g/mol. The molecule has 3 heteroatoms. The van der Waals surface area contributed by atoms with E-state index in [0.29, 0.717) is 6.61 Å². The van der Waals surface area contributed by atoms with Crippen LogP contribution in [0, 0.1) is 11.8 Å². The van der Waals surface area contributed by atoms with Crippen molar-refractivity contribution in [3.05, 3.63) is 35.9 Å². The lowest BCUT2D eigenvalue weighted by Crippen LogP contribution is -2.40. The lowest BCUT2D eigenvalue weighted by atomic mass is 10.1. The molecule has 0 spiro atoms. The average Bonchev–Trinajstić information content (AvgIpc) is 2.34. The Bertz CT molecular complexity index is 449. The van der Waals surface area contributed by atoms with E-state index >= 15 is 0 Å². The molecule has 0 aliphatic heterocycles. The molecule has 0 aliphatic carbocycles. The maximum atomic E-state index is 9.89. The van der Waals surface area contributed by atoms with Crippen molar-refractivity contribution in [3.8, 4) is 11.8 Å². The highest BCUT2D eigenvalue weighted by atomic mass is 28.4. The number of aliphatic hydroxyl groups is 1. The van der Waals surface area contributed by atoms with Gasteiger partial charge in [0.25, 0.3) is 0 Å². The SMILES string of the molecule is CC(C)(C)[Si](C)(C)OCC#C[C@@H](O)c1ccccc1. The first-order valence-corrected chi connectivity index (χ1v) is 9.50. The van der Waals surface area contributed by atoms with Crippen LogP contribution in [-0.2, 0) is 4.43 Å². The smallest absolute Gasteiger partial charge is 0.193 e. The topological polar surface area (TPSA) is 29.5 Å². The maximum Gasteiger partial charge on any atom is 0.193 e. The zero-order chi connectivity index (χ0) is 14.5. The molecule has 0 aliphatic rings. The van der Waals surface area contributed by atoms with Gasteiger partial charge >= 0.3 is 0 Å². The van der Waals surface area contributed by atoms with Crippen LogP contribution in [0.25, 0.3) is 0 Å². The van der Waals surface area contributed by atoms with Crippen molar-refractivity contribution in [1.29, 1.82) is 0 Å². The van der Waals surface area contributed by atoms with Gasteiger partial charge in [-0.3, -0.25) is 0 Å². The van der Waals surface area contributed by atoms with Gasteiger partial charge in [0.2, 0.25) is 0 Å². The molecule has 0 saturated heterocycles. The fourth-order valence-corrected chi connectivity index (χ4v) is 2.16. The Kier molecular flexibility index (Phi) is 5.36. The van der Waals surface area contributed by atoms with Gasteiger partial charge in [-0.15, -0.1) is 0 Å². The zero-order valence-corrected chi connectivity index (χ0v) is 13.5. The summed E-state index contributed by atoms with van der Waals surface area (Å²) in [5.74, 6) is 5.75. The van der Waals surface area contributed by atoms with E-state index in [0.717, 1.165) is 5.56 Å². The van der Waals surface area contributed by atoms with Crippen LogP contribution in [0.2, 0.25) is 18.1 Å². The van der Waals surface area contributed by atoms with Gasteiger partial charge in [-0.05, 0) is 23.7 Å². The molecule has 1 N–H and O–H groups in total. The molecular weight excluding hydrogens is 252 g/mol. The Morgan fingerprint density at radius 2 is 1.79 bits per heavy atom. The van der Waals surface area contributed by atoms with E-state index in [2.05, 4.69) is 45.7 Å². The summed E-state index contributed by atoms with van der Waals surface area (Å²) in [6.07, 6.45) is -0.732. The highest BCUT2D eigenvalue weighted by Gasteiger charge is 2.36. The van der Waals surface area contributed by atoms with E-state index in [4.69, 9.17) is 4.43 Å². The molecular formula is C16H24O2Si. The van der Waals surface area contributed by atoms with Crippen LogP contribution in [0.3, 0.4) is 0 Å². The van der Waals surface area contributed by atoms with E-state index in [-0.39, 0.29) is 5.04 Å². The molecule has 1 aromatic rings. The predicted octanol–water partition coefficient (Wildman–Crippen LogP) is 3.75. The summed E-state index contributed by atoms with van der Waals surface area (Å²) in [5, 5.41) is 10.1. The van der Waals surface area contributed by atoms with E-state index in [9.17, 15) is 5.11 Å². The number of hydrogen-bond donors (Lipinski definition) is 1. The second-order valence-electron chi connectivity index (χ2n) is 6.18. The van der Waals surface area contributed by atoms with Crippen LogP contribution < -0.4 is 0 Å². The summed E-state index contributed by atoms with van der Waals surface area (Å²) in [5.41, 5.74) is 0.822. The Hall–Kier alpha value is -1.08. The minimum atomic E-state index is -1.74. The minimum absolute atomic E-state index is 0.187. The van der Waals surface area contributed by atoms with Gasteiger partial charge in [0.15, 0.2) is 8.32 Å². The molecule has 1 atom stereocenters. The molecule has 0 bridgehead atoms. The molecule has 0 heterocycles. The summed E-state index contributed by atoms with van der Waals surface area (Å²) < 4.78 is 5.93. The van der Waals surface area contributed by atoms with Crippen LogP contribution in [0.5, 0.6) is 0 Å². The van der Waals surface area contributed by atoms with Crippen molar-refractivity contribution in [1.82, 2.24) is 0 Å². The van der Waals surface area contributed by atoms with Gasteiger partial charge in [0, 0.05) is 0 Å². The van der Waals surface area contributed by atoms with Gasteiger partial charge < -0.3 is 9.53 Å². The van der Waals surface area contributed by atoms with Crippen molar-refractivity contribution in [3.63, 3.8) is 0 Å². The molecule has 0 unspecified atom stereocenters. The fraction of sp³-hybridized carbons (Fsp3) is 0.500. The summed E-state index contributed by atoms with van der Waals surface area (Å²) >= 11 is 0. The second-order valence-corrected chi connectivity index (χ2v) is 11.0. The monoisotopic (exact) mass is 276 g/mol. The quantitative estimate of drug-likeness (QED) is 0.673. The van der Waals surface area contributed by atoms with Gasteiger partial charge in [0.05, 0.1) is 6.61 Å².